The highest BCUT2D eigenvalue weighted by Crippen LogP contribution is 2.09. The van der Waals surface area contributed by atoms with Gasteiger partial charge in [0.05, 0.1) is 12.1 Å². The molecule has 0 unspecified atom stereocenters. The molecule has 0 fully saturated rings. The van der Waals surface area contributed by atoms with Gasteiger partial charge in [-0.25, -0.2) is 4.79 Å². The number of rotatable bonds is 6. The second-order valence-electron chi connectivity index (χ2n) is 4.10. The van der Waals surface area contributed by atoms with Crippen molar-refractivity contribution in [3.05, 3.63) is 29.6 Å². The third kappa shape index (κ3) is 3.78. The average molecular weight is 279 g/mol. The van der Waals surface area contributed by atoms with E-state index in [-0.39, 0.29) is 23.7 Å². The number of carboxylic acid groups (broad SMARTS) is 1. The van der Waals surface area contributed by atoms with E-state index in [1.807, 2.05) is 6.92 Å². The van der Waals surface area contributed by atoms with E-state index in [4.69, 9.17) is 5.11 Å². The molecule has 0 bridgehead atoms. The number of carbonyl (C=O) groups excluding carboxylic acids is 2. The SMILES string of the molecule is CCCN(CC(=O)NC)C(=O)c1ncccc1C(=O)O. The quantitative estimate of drug-likeness (QED) is 0.784. The lowest BCUT2D eigenvalue weighted by atomic mass is 10.1. The molecule has 0 aliphatic heterocycles. The first-order chi connectivity index (χ1) is 9.51. The number of hydrogen-bond donors (Lipinski definition) is 2. The maximum absolute atomic E-state index is 12.3. The van der Waals surface area contributed by atoms with Gasteiger partial charge < -0.3 is 15.3 Å². The number of nitrogens with one attached hydrogen (secondary N) is 1. The van der Waals surface area contributed by atoms with Gasteiger partial charge in [0.2, 0.25) is 5.91 Å². The number of pyridine rings is 1. The molecule has 1 aromatic rings. The van der Waals surface area contributed by atoms with E-state index in [2.05, 4.69) is 10.3 Å². The third-order valence-electron chi connectivity index (χ3n) is 2.63. The Morgan fingerprint density at radius 1 is 1.40 bits per heavy atom. The van der Waals surface area contributed by atoms with Crippen molar-refractivity contribution in [2.45, 2.75) is 13.3 Å². The van der Waals surface area contributed by atoms with Gasteiger partial charge in [-0.3, -0.25) is 14.6 Å². The summed E-state index contributed by atoms with van der Waals surface area (Å²) >= 11 is 0. The van der Waals surface area contributed by atoms with Crippen LogP contribution in [0.5, 0.6) is 0 Å². The zero-order chi connectivity index (χ0) is 15.1. The van der Waals surface area contributed by atoms with Crippen LogP contribution in [0, 0.1) is 0 Å². The van der Waals surface area contributed by atoms with E-state index >= 15 is 0 Å². The van der Waals surface area contributed by atoms with Crippen molar-refractivity contribution < 1.29 is 19.5 Å². The van der Waals surface area contributed by atoms with E-state index in [0.717, 1.165) is 0 Å². The maximum Gasteiger partial charge on any atom is 0.338 e. The Morgan fingerprint density at radius 3 is 2.65 bits per heavy atom. The van der Waals surface area contributed by atoms with Crippen molar-refractivity contribution in [2.24, 2.45) is 0 Å². The topological polar surface area (TPSA) is 99.6 Å². The van der Waals surface area contributed by atoms with E-state index in [9.17, 15) is 14.4 Å². The minimum Gasteiger partial charge on any atom is -0.478 e. The molecule has 1 rings (SSSR count). The van der Waals surface area contributed by atoms with Gasteiger partial charge in [0.1, 0.15) is 5.69 Å². The highest BCUT2D eigenvalue weighted by atomic mass is 16.4. The summed E-state index contributed by atoms with van der Waals surface area (Å²) in [5.41, 5.74) is -0.326. The number of aromatic nitrogens is 1. The predicted molar refractivity (Wildman–Crippen MR) is 71.5 cm³/mol. The molecular formula is C13H17N3O4. The molecule has 0 aromatic carbocycles. The van der Waals surface area contributed by atoms with Gasteiger partial charge in [-0.1, -0.05) is 6.92 Å². The second-order valence-corrected chi connectivity index (χ2v) is 4.10. The number of nitrogens with zero attached hydrogens (tertiary/aromatic N) is 2. The molecule has 0 spiro atoms. The van der Waals surface area contributed by atoms with Gasteiger partial charge in [-0.15, -0.1) is 0 Å². The van der Waals surface area contributed by atoms with E-state index in [0.29, 0.717) is 13.0 Å². The summed E-state index contributed by atoms with van der Waals surface area (Å²) in [6, 6.07) is 2.76. The van der Waals surface area contributed by atoms with E-state index in [1.54, 1.807) is 0 Å². The zero-order valence-electron chi connectivity index (χ0n) is 11.4. The minimum atomic E-state index is -1.22. The Hall–Kier alpha value is -2.44. The highest BCUT2D eigenvalue weighted by molar-refractivity contribution is 6.04. The van der Waals surface area contributed by atoms with Crippen LogP contribution in [0.2, 0.25) is 0 Å². The summed E-state index contributed by atoms with van der Waals surface area (Å²) < 4.78 is 0. The molecule has 108 valence electrons. The fourth-order valence-electron chi connectivity index (χ4n) is 1.67. The molecule has 0 saturated heterocycles. The van der Waals surface area contributed by atoms with Crippen molar-refractivity contribution in [2.75, 3.05) is 20.1 Å². The van der Waals surface area contributed by atoms with Crippen LogP contribution in [0.25, 0.3) is 0 Å². The number of amides is 2. The molecule has 0 aliphatic rings. The van der Waals surface area contributed by atoms with Crippen molar-refractivity contribution >= 4 is 17.8 Å². The molecule has 2 amide bonds. The van der Waals surface area contributed by atoms with Gasteiger partial charge in [-0.2, -0.15) is 0 Å². The predicted octanol–water partition coefficient (Wildman–Crippen LogP) is 0.378. The summed E-state index contributed by atoms with van der Waals surface area (Å²) in [4.78, 5) is 40.0. The van der Waals surface area contributed by atoms with Gasteiger partial charge in [-0.05, 0) is 18.6 Å². The van der Waals surface area contributed by atoms with Gasteiger partial charge >= 0.3 is 5.97 Å². The molecule has 0 atom stereocenters. The molecule has 1 aromatic heterocycles. The molecule has 0 aliphatic carbocycles. The Bertz CT molecular complexity index is 516. The fourth-order valence-corrected chi connectivity index (χ4v) is 1.67. The summed E-state index contributed by atoms with van der Waals surface area (Å²) in [5, 5.41) is 11.5. The first kappa shape index (κ1) is 15.6. The normalized spacial score (nSPS) is 9.90. The van der Waals surface area contributed by atoms with E-state index in [1.165, 1.54) is 30.3 Å². The molecule has 20 heavy (non-hydrogen) atoms. The lowest BCUT2D eigenvalue weighted by molar-refractivity contribution is -0.121. The van der Waals surface area contributed by atoms with Gasteiger partial charge in [0.25, 0.3) is 5.91 Å². The van der Waals surface area contributed by atoms with Crippen molar-refractivity contribution in [3.8, 4) is 0 Å². The van der Waals surface area contributed by atoms with E-state index < -0.39 is 11.9 Å². The summed E-state index contributed by atoms with van der Waals surface area (Å²) in [7, 11) is 1.47. The van der Waals surface area contributed by atoms with Crippen molar-refractivity contribution in [1.82, 2.24) is 15.2 Å². The van der Waals surface area contributed by atoms with Crippen molar-refractivity contribution in [1.29, 1.82) is 0 Å². The number of carbonyl (C=O) groups is 3. The van der Waals surface area contributed by atoms with Gasteiger partial charge in [0.15, 0.2) is 0 Å². The summed E-state index contributed by atoms with van der Waals surface area (Å²) in [6.07, 6.45) is 2.00. The summed E-state index contributed by atoms with van der Waals surface area (Å²) in [5.74, 6) is -2.11. The first-order valence-corrected chi connectivity index (χ1v) is 6.19. The zero-order valence-corrected chi connectivity index (χ0v) is 11.4. The second kappa shape index (κ2) is 7.22. The van der Waals surface area contributed by atoms with Crippen LogP contribution in [-0.2, 0) is 4.79 Å². The maximum atomic E-state index is 12.3. The van der Waals surface area contributed by atoms with Crippen molar-refractivity contribution in [3.63, 3.8) is 0 Å². The van der Waals surface area contributed by atoms with Crippen LogP contribution in [-0.4, -0.2) is 52.9 Å². The fraction of sp³-hybridized carbons (Fsp3) is 0.385. The minimum absolute atomic E-state index is 0.126. The highest BCUT2D eigenvalue weighted by Gasteiger charge is 2.23. The van der Waals surface area contributed by atoms with Crippen LogP contribution in [0.4, 0.5) is 0 Å². The largest absolute Gasteiger partial charge is 0.478 e. The molecule has 7 nitrogen and oxygen atoms in total. The molecule has 2 N–H and O–H groups in total. The Balaban J connectivity index is 3.06. The van der Waals surface area contributed by atoms with Crippen LogP contribution < -0.4 is 5.32 Å². The molecule has 0 radical (unpaired) electrons. The lowest BCUT2D eigenvalue weighted by Crippen LogP contribution is -2.41. The van der Waals surface area contributed by atoms with Gasteiger partial charge in [0, 0.05) is 19.8 Å². The standard InChI is InChI=1S/C13H17N3O4/c1-3-7-16(8-10(17)14-2)12(18)11-9(13(19)20)5-4-6-15-11/h4-6H,3,7-8H2,1-2H3,(H,14,17)(H,19,20). The molecule has 0 saturated carbocycles. The van der Waals surface area contributed by atoms with Crippen LogP contribution in [0.15, 0.2) is 18.3 Å². The first-order valence-electron chi connectivity index (χ1n) is 6.19. The molecule has 7 heteroatoms. The summed E-state index contributed by atoms with van der Waals surface area (Å²) in [6.45, 7) is 2.08. The molecular weight excluding hydrogens is 262 g/mol. The smallest absolute Gasteiger partial charge is 0.338 e. The number of likely N-dealkylation sites (N-methyl/N-ethyl adjacent to an activating group) is 1. The van der Waals surface area contributed by atoms with Crippen LogP contribution in [0.3, 0.4) is 0 Å². The van der Waals surface area contributed by atoms with Crippen LogP contribution in [0.1, 0.15) is 34.2 Å². The average Bonchev–Trinajstić information content (AvgIpc) is 2.45. The monoisotopic (exact) mass is 279 g/mol. The number of carboxylic acids is 1. The number of hydrogen-bond acceptors (Lipinski definition) is 4. The third-order valence-corrected chi connectivity index (χ3v) is 2.63. The Kier molecular flexibility index (Phi) is 5.64. The number of aromatic carboxylic acids is 1. The van der Waals surface area contributed by atoms with Crippen LogP contribution >= 0.6 is 0 Å². The lowest BCUT2D eigenvalue weighted by Gasteiger charge is -2.21. The Morgan fingerprint density at radius 2 is 2.10 bits per heavy atom. The molecule has 1 heterocycles. The Labute approximate surface area is 116 Å².